The van der Waals surface area contributed by atoms with E-state index in [-0.39, 0.29) is 0 Å². The lowest BCUT2D eigenvalue weighted by Gasteiger charge is -2.13. The summed E-state index contributed by atoms with van der Waals surface area (Å²) in [6, 6.07) is 7.16. The molecule has 1 aromatic rings. The van der Waals surface area contributed by atoms with Crippen LogP contribution in [0.25, 0.3) is 0 Å². The molecule has 17 heavy (non-hydrogen) atoms. The Hall–Kier alpha value is -1.40. The standard InChI is InChI=1S/C12H12F2O.C2H6/c1-9-4-3-5-10(8-9)6-7-12(2,15)11(13)14;1-2/h3-5,8,11,15H,1-2H3;1-2H3. The highest BCUT2D eigenvalue weighted by molar-refractivity contribution is 5.38. The lowest BCUT2D eigenvalue weighted by atomic mass is 10.1. The van der Waals surface area contributed by atoms with Crippen LogP contribution < -0.4 is 0 Å². The molecule has 0 spiro atoms. The number of aryl methyl sites for hydroxylation is 1. The summed E-state index contributed by atoms with van der Waals surface area (Å²) in [6.45, 7) is 6.89. The molecule has 3 heteroatoms. The highest BCUT2D eigenvalue weighted by Crippen LogP contribution is 2.13. The average molecular weight is 240 g/mol. The topological polar surface area (TPSA) is 20.2 Å². The molecule has 0 aliphatic rings. The van der Waals surface area contributed by atoms with Crippen molar-refractivity contribution in [3.63, 3.8) is 0 Å². The molecule has 0 fully saturated rings. The van der Waals surface area contributed by atoms with Crippen LogP contribution in [-0.4, -0.2) is 17.1 Å². The Kier molecular flexibility index (Phi) is 6.45. The zero-order valence-corrected chi connectivity index (χ0v) is 10.6. The number of alkyl halides is 2. The maximum atomic E-state index is 12.2. The molecule has 1 aromatic carbocycles. The lowest BCUT2D eigenvalue weighted by molar-refractivity contribution is -0.0418. The van der Waals surface area contributed by atoms with Gasteiger partial charge >= 0.3 is 0 Å². The van der Waals surface area contributed by atoms with Crippen molar-refractivity contribution in [1.29, 1.82) is 0 Å². The third-order valence-electron chi connectivity index (χ3n) is 1.90. The molecule has 0 radical (unpaired) electrons. The third-order valence-corrected chi connectivity index (χ3v) is 1.90. The Morgan fingerprint density at radius 1 is 1.29 bits per heavy atom. The smallest absolute Gasteiger partial charge is 0.277 e. The van der Waals surface area contributed by atoms with Crippen LogP contribution in [0.5, 0.6) is 0 Å². The van der Waals surface area contributed by atoms with Crippen molar-refractivity contribution >= 4 is 0 Å². The van der Waals surface area contributed by atoms with Crippen LogP contribution in [0.1, 0.15) is 31.9 Å². The van der Waals surface area contributed by atoms with Gasteiger partial charge in [-0.25, -0.2) is 8.78 Å². The molecular weight excluding hydrogens is 222 g/mol. The van der Waals surface area contributed by atoms with E-state index in [1.165, 1.54) is 0 Å². The van der Waals surface area contributed by atoms with Crippen LogP contribution >= 0.6 is 0 Å². The molecule has 0 aliphatic carbocycles. The van der Waals surface area contributed by atoms with E-state index < -0.39 is 12.0 Å². The highest BCUT2D eigenvalue weighted by Gasteiger charge is 2.29. The fourth-order valence-electron chi connectivity index (χ4n) is 0.976. The minimum Gasteiger partial charge on any atom is -0.372 e. The first-order chi connectivity index (χ1) is 7.92. The van der Waals surface area contributed by atoms with Gasteiger partial charge in [-0.05, 0) is 31.5 Å². The van der Waals surface area contributed by atoms with Crippen molar-refractivity contribution in [3.8, 4) is 11.8 Å². The Morgan fingerprint density at radius 2 is 1.88 bits per heavy atom. The molecule has 0 aromatic heterocycles. The molecule has 0 heterocycles. The van der Waals surface area contributed by atoms with Gasteiger partial charge in [0.15, 0.2) is 5.60 Å². The lowest BCUT2D eigenvalue weighted by Crippen LogP contribution is -2.31. The Bertz CT molecular complexity index is 400. The van der Waals surface area contributed by atoms with Gasteiger partial charge in [-0.2, -0.15) is 0 Å². The van der Waals surface area contributed by atoms with Crippen LogP contribution in [0.3, 0.4) is 0 Å². The second-order valence-corrected chi connectivity index (χ2v) is 3.57. The third kappa shape index (κ3) is 5.46. The molecule has 1 nitrogen and oxygen atoms in total. The quantitative estimate of drug-likeness (QED) is 0.746. The second kappa shape index (κ2) is 7.03. The van der Waals surface area contributed by atoms with Gasteiger partial charge in [-0.3, -0.25) is 0 Å². The number of aliphatic hydroxyl groups is 1. The van der Waals surface area contributed by atoms with Crippen molar-refractivity contribution in [1.82, 2.24) is 0 Å². The van der Waals surface area contributed by atoms with Gasteiger partial charge in [-0.1, -0.05) is 37.8 Å². The summed E-state index contributed by atoms with van der Waals surface area (Å²) in [5.74, 6) is 4.68. The Morgan fingerprint density at radius 3 is 2.35 bits per heavy atom. The molecule has 0 amide bonds. The van der Waals surface area contributed by atoms with Crippen molar-refractivity contribution in [2.75, 3.05) is 0 Å². The monoisotopic (exact) mass is 240 g/mol. The molecule has 1 atom stereocenters. The van der Waals surface area contributed by atoms with E-state index >= 15 is 0 Å². The van der Waals surface area contributed by atoms with E-state index in [0.717, 1.165) is 12.5 Å². The molecule has 1 N–H and O–H groups in total. The van der Waals surface area contributed by atoms with Crippen molar-refractivity contribution in [2.24, 2.45) is 0 Å². The summed E-state index contributed by atoms with van der Waals surface area (Å²) >= 11 is 0. The van der Waals surface area contributed by atoms with E-state index in [4.69, 9.17) is 0 Å². The van der Waals surface area contributed by atoms with Gasteiger partial charge in [0.05, 0.1) is 0 Å². The summed E-state index contributed by atoms with van der Waals surface area (Å²) < 4.78 is 24.5. The molecule has 0 saturated carbocycles. The Labute approximate surface area is 101 Å². The van der Waals surface area contributed by atoms with Gasteiger partial charge in [0.25, 0.3) is 6.43 Å². The maximum Gasteiger partial charge on any atom is 0.277 e. The van der Waals surface area contributed by atoms with E-state index in [2.05, 4.69) is 11.8 Å². The normalized spacial score (nSPS) is 12.9. The Balaban J connectivity index is 0.00000121. The zero-order chi connectivity index (χ0) is 13.5. The first kappa shape index (κ1) is 15.6. The van der Waals surface area contributed by atoms with E-state index in [9.17, 15) is 13.9 Å². The SMILES string of the molecule is CC.Cc1cccc(C#CC(C)(O)C(F)F)c1. The summed E-state index contributed by atoms with van der Waals surface area (Å²) in [5, 5.41) is 9.20. The summed E-state index contributed by atoms with van der Waals surface area (Å²) in [4.78, 5) is 0. The summed E-state index contributed by atoms with van der Waals surface area (Å²) in [7, 11) is 0. The summed E-state index contributed by atoms with van der Waals surface area (Å²) in [6.07, 6.45) is -2.87. The second-order valence-electron chi connectivity index (χ2n) is 3.57. The van der Waals surface area contributed by atoms with Gasteiger partial charge in [0.1, 0.15) is 0 Å². The molecule has 0 bridgehead atoms. The largest absolute Gasteiger partial charge is 0.372 e. The van der Waals surface area contributed by atoms with Crippen LogP contribution in [0, 0.1) is 18.8 Å². The van der Waals surface area contributed by atoms with Crippen LogP contribution in [0.15, 0.2) is 24.3 Å². The molecule has 0 aliphatic heterocycles. The van der Waals surface area contributed by atoms with E-state index in [1.807, 2.05) is 26.8 Å². The molecular formula is C14H18F2O. The predicted octanol–water partition coefficient (Wildman–Crippen LogP) is 3.39. The summed E-state index contributed by atoms with van der Waals surface area (Å²) in [5.41, 5.74) is -0.626. The first-order valence-electron chi connectivity index (χ1n) is 5.52. The average Bonchev–Trinajstić information content (AvgIpc) is 2.29. The molecule has 94 valence electrons. The fraction of sp³-hybridized carbons (Fsp3) is 0.429. The number of hydrogen-bond donors (Lipinski definition) is 1. The van der Waals surface area contributed by atoms with E-state index in [0.29, 0.717) is 5.56 Å². The molecule has 1 rings (SSSR count). The number of benzene rings is 1. The zero-order valence-electron chi connectivity index (χ0n) is 10.6. The van der Waals surface area contributed by atoms with Gasteiger partial charge in [0.2, 0.25) is 0 Å². The molecule has 0 saturated heterocycles. The van der Waals surface area contributed by atoms with Crippen LogP contribution in [0.4, 0.5) is 8.78 Å². The van der Waals surface area contributed by atoms with Crippen molar-refractivity contribution in [2.45, 2.75) is 39.7 Å². The van der Waals surface area contributed by atoms with Crippen LogP contribution in [0.2, 0.25) is 0 Å². The predicted molar refractivity (Wildman–Crippen MR) is 66.0 cm³/mol. The van der Waals surface area contributed by atoms with Gasteiger partial charge < -0.3 is 5.11 Å². The fourth-order valence-corrected chi connectivity index (χ4v) is 0.976. The van der Waals surface area contributed by atoms with Crippen molar-refractivity contribution in [3.05, 3.63) is 35.4 Å². The maximum absolute atomic E-state index is 12.2. The van der Waals surface area contributed by atoms with Gasteiger partial charge in [-0.15, -0.1) is 0 Å². The highest BCUT2D eigenvalue weighted by atomic mass is 19.3. The molecule has 1 unspecified atom stereocenters. The minimum absolute atomic E-state index is 0.621. The minimum atomic E-state index is -2.87. The number of rotatable bonds is 1. The number of hydrogen-bond acceptors (Lipinski definition) is 1. The van der Waals surface area contributed by atoms with Gasteiger partial charge in [0, 0.05) is 5.56 Å². The van der Waals surface area contributed by atoms with E-state index in [1.54, 1.807) is 18.2 Å². The number of halogens is 2. The van der Waals surface area contributed by atoms with Crippen LogP contribution in [-0.2, 0) is 0 Å². The first-order valence-corrected chi connectivity index (χ1v) is 5.52. The van der Waals surface area contributed by atoms with Crippen molar-refractivity contribution < 1.29 is 13.9 Å².